The van der Waals surface area contributed by atoms with Crippen molar-refractivity contribution in [2.45, 2.75) is 23.4 Å². The summed E-state index contributed by atoms with van der Waals surface area (Å²) in [5.74, 6) is 0. The quantitative estimate of drug-likeness (QED) is 0.282. The molecule has 4 rings (SSSR count). The molecule has 0 saturated heterocycles. The highest BCUT2D eigenvalue weighted by atomic mass is 32.2. The molecule has 0 fully saturated rings. The Labute approximate surface area is 208 Å². The molecule has 2 atom stereocenters. The molecule has 0 aliphatic rings. The summed E-state index contributed by atoms with van der Waals surface area (Å²) in [5, 5.41) is 1.77. The van der Waals surface area contributed by atoms with Crippen LogP contribution >= 0.6 is 0 Å². The molecule has 0 bridgehead atoms. The maximum atomic E-state index is 13.4. The standard InChI is InChI=1S/C29H30N2O3S/c1-31(34-23-22-24-14-6-2-7-15-24)29(26-18-10-4-11-19-26)28(25-16-8-3-9-17-25)30-35(32,33)27-20-12-5-13-21-27/h2-21,28-30H,22-23H2,1H3. The van der Waals surface area contributed by atoms with Gasteiger partial charge in [-0.25, -0.2) is 13.1 Å². The fourth-order valence-corrected chi connectivity index (χ4v) is 5.36. The normalized spacial score (nSPS) is 13.4. The van der Waals surface area contributed by atoms with Crippen molar-refractivity contribution in [1.82, 2.24) is 9.79 Å². The zero-order valence-corrected chi connectivity index (χ0v) is 20.5. The predicted molar refractivity (Wildman–Crippen MR) is 139 cm³/mol. The lowest BCUT2D eigenvalue weighted by molar-refractivity contribution is -0.175. The third-order valence-electron chi connectivity index (χ3n) is 5.87. The maximum absolute atomic E-state index is 13.4. The van der Waals surface area contributed by atoms with Gasteiger partial charge >= 0.3 is 0 Å². The first kappa shape index (κ1) is 24.8. The van der Waals surface area contributed by atoms with Crippen molar-refractivity contribution in [3.8, 4) is 0 Å². The minimum Gasteiger partial charge on any atom is -0.298 e. The molecular formula is C29H30N2O3S. The summed E-state index contributed by atoms with van der Waals surface area (Å²) >= 11 is 0. The number of hydroxylamine groups is 2. The first-order valence-corrected chi connectivity index (χ1v) is 13.1. The van der Waals surface area contributed by atoms with E-state index < -0.39 is 22.1 Å². The monoisotopic (exact) mass is 486 g/mol. The second-order valence-electron chi connectivity index (χ2n) is 8.29. The SMILES string of the molecule is CN(OCCc1ccccc1)C(c1ccccc1)C(NS(=O)(=O)c1ccccc1)c1ccccc1. The van der Waals surface area contributed by atoms with Crippen molar-refractivity contribution in [3.63, 3.8) is 0 Å². The largest absolute Gasteiger partial charge is 0.298 e. The molecule has 6 heteroatoms. The second-order valence-corrected chi connectivity index (χ2v) is 10.0. The first-order valence-electron chi connectivity index (χ1n) is 11.6. The summed E-state index contributed by atoms with van der Waals surface area (Å²) < 4.78 is 29.8. The van der Waals surface area contributed by atoms with Crippen LogP contribution in [-0.4, -0.2) is 27.1 Å². The molecule has 0 aliphatic heterocycles. The Balaban J connectivity index is 1.66. The fraction of sp³-hybridized carbons (Fsp3) is 0.172. The molecule has 4 aromatic rings. The lowest BCUT2D eigenvalue weighted by atomic mass is 9.94. The highest BCUT2D eigenvalue weighted by Gasteiger charge is 2.33. The minimum absolute atomic E-state index is 0.223. The fourth-order valence-electron chi connectivity index (χ4n) is 4.10. The second kappa shape index (κ2) is 11.9. The summed E-state index contributed by atoms with van der Waals surface area (Å²) in [7, 11) is -1.93. The molecule has 180 valence electrons. The van der Waals surface area contributed by atoms with Crippen molar-refractivity contribution >= 4 is 10.0 Å². The minimum atomic E-state index is -3.79. The molecule has 0 spiro atoms. The smallest absolute Gasteiger partial charge is 0.241 e. The molecule has 0 amide bonds. The number of hydrogen-bond acceptors (Lipinski definition) is 4. The lowest BCUT2D eigenvalue weighted by Crippen LogP contribution is -2.39. The zero-order valence-electron chi connectivity index (χ0n) is 19.7. The van der Waals surface area contributed by atoms with E-state index in [0.717, 1.165) is 17.5 Å². The highest BCUT2D eigenvalue weighted by molar-refractivity contribution is 7.89. The molecule has 5 nitrogen and oxygen atoms in total. The Hall–Kier alpha value is -3.29. The van der Waals surface area contributed by atoms with Gasteiger partial charge in [0.05, 0.1) is 23.6 Å². The Morgan fingerprint density at radius 1 is 0.714 bits per heavy atom. The van der Waals surface area contributed by atoms with Crippen LogP contribution in [0.2, 0.25) is 0 Å². The van der Waals surface area contributed by atoms with E-state index in [2.05, 4.69) is 16.9 Å². The van der Waals surface area contributed by atoms with Crippen LogP contribution in [0.3, 0.4) is 0 Å². The molecule has 0 aromatic heterocycles. The average Bonchev–Trinajstić information content (AvgIpc) is 2.90. The van der Waals surface area contributed by atoms with E-state index in [1.165, 1.54) is 5.56 Å². The van der Waals surface area contributed by atoms with Gasteiger partial charge in [0.1, 0.15) is 0 Å². The van der Waals surface area contributed by atoms with Crippen LogP contribution in [-0.2, 0) is 21.3 Å². The molecule has 1 N–H and O–H groups in total. The van der Waals surface area contributed by atoms with E-state index >= 15 is 0 Å². The van der Waals surface area contributed by atoms with Gasteiger partial charge in [0.15, 0.2) is 0 Å². The predicted octanol–water partition coefficient (Wildman–Crippen LogP) is 5.55. The summed E-state index contributed by atoms with van der Waals surface area (Å²) in [6, 6.07) is 37.0. The zero-order chi connectivity index (χ0) is 24.5. The Morgan fingerprint density at radius 2 is 1.20 bits per heavy atom. The summed E-state index contributed by atoms with van der Waals surface area (Å²) in [6.07, 6.45) is 0.748. The third-order valence-corrected chi connectivity index (χ3v) is 7.33. The first-order chi connectivity index (χ1) is 17.0. The van der Waals surface area contributed by atoms with Gasteiger partial charge in [0, 0.05) is 7.05 Å². The van der Waals surface area contributed by atoms with Crippen LogP contribution in [0.15, 0.2) is 126 Å². The topological polar surface area (TPSA) is 58.6 Å². The third kappa shape index (κ3) is 6.65. The van der Waals surface area contributed by atoms with Crippen molar-refractivity contribution < 1.29 is 13.3 Å². The lowest BCUT2D eigenvalue weighted by Gasteiger charge is -2.35. The molecule has 0 radical (unpaired) electrons. The van der Waals surface area contributed by atoms with Gasteiger partial charge in [0.2, 0.25) is 10.0 Å². The van der Waals surface area contributed by atoms with Crippen molar-refractivity contribution in [1.29, 1.82) is 0 Å². The Morgan fingerprint density at radius 3 is 1.77 bits per heavy atom. The summed E-state index contributed by atoms with van der Waals surface area (Å²) in [5.41, 5.74) is 2.97. The molecule has 0 heterocycles. The van der Waals surface area contributed by atoms with Crippen molar-refractivity contribution in [2.75, 3.05) is 13.7 Å². The summed E-state index contributed by atoms with van der Waals surface area (Å²) in [6.45, 7) is 0.469. The number of nitrogens with one attached hydrogen (secondary N) is 1. The van der Waals surface area contributed by atoms with Gasteiger partial charge in [0.25, 0.3) is 0 Å². The van der Waals surface area contributed by atoms with Gasteiger partial charge in [-0.15, -0.1) is 0 Å². The molecule has 0 aliphatic carbocycles. The molecule has 2 unspecified atom stereocenters. The van der Waals surface area contributed by atoms with Crippen LogP contribution in [0, 0.1) is 0 Å². The Kier molecular flexibility index (Phi) is 8.45. The number of rotatable bonds is 11. The van der Waals surface area contributed by atoms with E-state index in [-0.39, 0.29) is 4.90 Å². The molecule has 0 saturated carbocycles. The molecule has 35 heavy (non-hydrogen) atoms. The van der Waals surface area contributed by atoms with Gasteiger partial charge in [-0.3, -0.25) is 4.84 Å². The number of nitrogens with zero attached hydrogens (tertiary/aromatic N) is 1. The van der Waals surface area contributed by atoms with Gasteiger partial charge in [-0.2, -0.15) is 5.06 Å². The van der Waals surface area contributed by atoms with Crippen molar-refractivity contribution in [2.24, 2.45) is 0 Å². The van der Waals surface area contributed by atoms with Gasteiger partial charge in [-0.1, -0.05) is 109 Å². The molecule has 4 aromatic carbocycles. The van der Waals surface area contributed by atoms with Crippen LogP contribution < -0.4 is 4.72 Å². The van der Waals surface area contributed by atoms with Crippen LogP contribution in [0.5, 0.6) is 0 Å². The number of hydrogen-bond donors (Lipinski definition) is 1. The summed E-state index contributed by atoms with van der Waals surface area (Å²) in [4.78, 5) is 6.41. The van der Waals surface area contributed by atoms with E-state index in [1.807, 2.05) is 85.9 Å². The number of likely N-dealkylation sites (N-methyl/N-ethyl adjacent to an activating group) is 1. The van der Waals surface area contributed by atoms with E-state index in [1.54, 1.807) is 35.4 Å². The van der Waals surface area contributed by atoms with Crippen molar-refractivity contribution in [3.05, 3.63) is 138 Å². The van der Waals surface area contributed by atoms with Gasteiger partial charge in [-0.05, 0) is 35.2 Å². The average molecular weight is 487 g/mol. The highest BCUT2D eigenvalue weighted by Crippen LogP contribution is 2.35. The Bertz CT molecular complexity index is 1270. The number of benzene rings is 4. The maximum Gasteiger partial charge on any atom is 0.241 e. The van der Waals surface area contributed by atoms with E-state index in [4.69, 9.17) is 4.84 Å². The van der Waals surface area contributed by atoms with E-state index in [9.17, 15) is 8.42 Å². The van der Waals surface area contributed by atoms with Crippen LogP contribution in [0.4, 0.5) is 0 Å². The van der Waals surface area contributed by atoms with E-state index in [0.29, 0.717) is 6.61 Å². The number of sulfonamides is 1. The van der Waals surface area contributed by atoms with Crippen LogP contribution in [0.1, 0.15) is 28.8 Å². The molecular weight excluding hydrogens is 456 g/mol. The van der Waals surface area contributed by atoms with Crippen LogP contribution in [0.25, 0.3) is 0 Å². The van der Waals surface area contributed by atoms with Gasteiger partial charge < -0.3 is 0 Å².